The highest BCUT2D eigenvalue weighted by molar-refractivity contribution is 7.16. The molecule has 140 valence electrons. The van der Waals surface area contributed by atoms with Crippen LogP contribution in [0.15, 0.2) is 41.8 Å². The van der Waals surface area contributed by atoms with E-state index in [1.165, 1.54) is 12.1 Å². The summed E-state index contributed by atoms with van der Waals surface area (Å²) in [6.07, 6.45) is 1.21. The van der Waals surface area contributed by atoms with Crippen LogP contribution >= 0.6 is 11.3 Å². The van der Waals surface area contributed by atoms with Crippen molar-refractivity contribution in [3.8, 4) is 0 Å². The smallest absolute Gasteiger partial charge is 0.270 e. The predicted molar refractivity (Wildman–Crippen MR) is 103 cm³/mol. The molecule has 3 heterocycles. The van der Waals surface area contributed by atoms with E-state index >= 15 is 0 Å². The number of aromatic nitrogens is 1. The zero-order chi connectivity index (χ0) is 19.0. The van der Waals surface area contributed by atoms with Gasteiger partial charge in [-0.25, -0.2) is 4.39 Å². The molecule has 1 aliphatic rings. The molecule has 2 N–H and O–H groups in total. The highest BCUT2D eigenvalue weighted by atomic mass is 32.1. The Morgan fingerprint density at radius 3 is 2.52 bits per heavy atom. The van der Waals surface area contributed by atoms with Crippen LogP contribution in [0.1, 0.15) is 28.9 Å². The Morgan fingerprint density at radius 2 is 1.85 bits per heavy atom. The minimum absolute atomic E-state index is 0.0385. The van der Waals surface area contributed by atoms with E-state index in [2.05, 4.69) is 0 Å². The summed E-state index contributed by atoms with van der Waals surface area (Å²) in [7, 11) is 0. The number of carbonyl (C=O) groups is 2. The molecule has 1 aromatic carbocycles. The first kappa shape index (κ1) is 17.7. The highest BCUT2D eigenvalue weighted by Crippen LogP contribution is 2.28. The first-order chi connectivity index (χ1) is 13.0. The summed E-state index contributed by atoms with van der Waals surface area (Å²) < 4.78 is 15.2. The van der Waals surface area contributed by atoms with Gasteiger partial charge in [0.2, 0.25) is 5.91 Å². The normalized spacial score (nSPS) is 15.4. The summed E-state index contributed by atoms with van der Waals surface area (Å²) in [5, 5.41) is 3.02. The number of rotatable bonds is 4. The van der Waals surface area contributed by atoms with E-state index in [-0.39, 0.29) is 23.5 Å². The lowest BCUT2D eigenvalue weighted by molar-refractivity contribution is -0.123. The third kappa shape index (κ3) is 3.47. The van der Waals surface area contributed by atoms with Gasteiger partial charge >= 0.3 is 0 Å². The van der Waals surface area contributed by atoms with Crippen molar-refractivity contribution in [1.82, 2.24) is 9.47 Å². The third-order valence-electron chi connectivity index (χ3n) is 5.16. The number of likely N-dealkylation sites (tertiary alicyclic amines) is 1. The second kappa shape index (κ2) is 7.15. The van der Waals surface area contributed by atoms with Gasteiger partial charge in [0.05, 0.1) is 0 Å². The minimum Gasteiger partial charge on any atom is -0.369 e. The van der Waals surface area contributed by atoms with Gasteiger partial charge in [0, 0.05) is 30.9 Å². The van der Waals surface area contributed by atoms with Gasteiger partial charge in [-0.2, -0.15) is 0 Å². The minimum atomic E-state index is -0.290. The van der Waals surface area contributed by atoms with Crippen molar-refractivity contribution in [3.63, 3.8) is 0 Å². The van der Waals surface area contributed by atoms with Crippen molar-refractivity contribution in [1.29, 1.82) is 0 Å². The fourth-order valence-electron chi connectivity index (χ4n) is 3.61. The maximum absolute atomic E-state index is 13.2. The van der Waals surface area contributed by atoms with Crippen LogP contribution in [-0.2, 0) is 11.3 Å². The van der Waals surface area contributed by atoms with E-state index in [1.807, 2.05) is 22.1 Å². The van der Waals surface area contributed by atoms with E-state index in [9.17, 15) is 14.0 Å². The molecule has 7 heteroatoms. The molecular weight excluding hydrogens is 365 g/mol. The number of carbonyl (C=O) groups excluding carboxylic acids is 2. The van der Waals surface area contributed by atoms with Crippen molar-refractivity contribution in [3.05, 3.63) is 58.9 Å². The van der Waals surface area contributed by atoms with Gasteiger partial charge in [-0.15, -0.1) is 11.3 Å². The summed E-state index contributed by atoms with van der Waals surface area (Å²) in [5.74, 6) is -0.754. The number of hydrogen-bond acceptors (Lipinski definition) is 3. The molecule has 0 spiro atoms. The summed E-state index contributed by atoms with van der Waals surface area (Å²) in [4.78, 5) is 27.3. The average molecular weight is 385 g/mol. The Morgan fingerprint density at radius 1 is 1.15 bits per heavy atom. The number of nitrogens with two attached hydrogens (primary N) is 1. The molecule has 0 atom stereocenters. The Bertz CT molecular complexity index is 984. The maximum Gasteiger partial charge on any atom is 0.270 e. The zero-order valence-electron chi connectivity index (χ0n) is 14.7. The fourth-order valence-corrected chi connectivity index (χ4v) is 4.51. The third-order valence-corrected chi connectivity index (χ3v) is 6.11. The number of halogens is 1. The van der Waals surface area contributed by atoms with Crippen LogP contribution in [0.25, 0.3) is 10.2 Å². The molecule has 1 fully saturated rings. The summed E-state index contributed by atoms with van der Waals surface area (Å²) >= 11 is 1.58. The molecule has 27 heavy (non-hydrogen) atoms. The van der Waals surface area contributed by atoms with Crippen LogP contribution in [0.4, 0.5) is 4.39 Å². The number of nitrogens with zero attached hydrogens (tertiary/aromatic N) is 2. The van der Waals surface area contributed by atoms with E-state index in [0.717, 1.165) is 15.8 Å². The number of piperidine rings is 1. The van der Waals surface area contributed by atoms with Gasteiger partial charge in [-0.3, -0.25) is 9.59 Å². The molecule has 0 unspecified atom stereocenters. The molecule has 0 saturated carbocycles. The van der Waals surface area contributed by atoms with Crippen molar-refractivity contribution in [2.45, 2.75) is 19.4 Å². The molecule has 4 rings (SSSR count). The SMILES string of the molecule is NC(=O)C1CCN(C(=O)c2cc3ccsc3n2Cc2ccc(F)cc2)CC1. The summed E-state index contributed by atoms with van der Waals surface area (Å²) in [6, 6.07) is 10.2. The Balaban J connectivity index is 1.61. The summed E-state index contributed by atoms with van der Waals surface area (Å²) in [5.41, 5.74) is 6.94. The number of benzene rings is 1. The lowest BCUT2D eigenvalue weighted by Gasteiger charge is -2.30. The fraction of sp³-hybridized carbons (Fsp3) is 0.300. The Labute approximate surface area is 160 Å². The molecule has 1 aliphatic heterocycles. The zero-order valence-corrected chi connectivity index (χ0v) is 15.5. The van der Waals surface area contributed by atoms with E-state index in [0.29, 0.717) is 38.2 Å². The molecular formula is C20H20FN3O2S. The molecule has 2 amide bonds. The maximum atomic E-state index is 13.2. The van der Waals surface area contributed by atoms with E-state index in [1.54, 1.807) is 28.4 Å². The van der Waals surface area contributed by atoms with Crippen LogP contribution in [0, 0.1) is 11.7 Å². The molecule has 0 radical (unpaired) electrons. The van der Waals surface area contributed by atoms with Crippen LogP contribution in [0.5, 0.6) is 0 Å². The van der Waals surface area contributed by atoms with Crippen molar-refractivity contribution in [2.75, 3.05) is 13.1 Å². The van der Waals surface area contributed by atoms with Gasteiger partial charge in [-0.05, 0) is 48.1 Å². The van der Waals surface area contributed by atoms with E-state index in [4.69, 9.17) is 5.73 Å². The number of fused-ring (bicyclic) bond motifs is 1. The molecule has 0 bridgehead atoms. The van der Waals surface area contributed by atoms with Gasteiger partial charge in [-0.1, -0.05) is 12.1 Å². The van der Waals surface area contributed by atoms with Crippen molar-refractivity contribution in [2.24, 2.45) is 11.7 Å². The quantitative estimate of drug-likeness (QED) is 0.749. The van der Waals surface area contributed by atoms with Gasteiger partial charge in [0.1, 0.15) is 16.3 Å². The standard InChI is InChI=1S/C20H20FN3O2S/c21-16-3-1-13(2-4-16)12-24-17(11-15-7-10-27-20(15)24)19(26)23-8-5-14(6-9-23)18(22)25/h1-4,7,10-11,14H,5-6,8-9,12H2,(H2,22,25). The Hall–Kier alpha value is -2.67. The van der Waals surface area contributed by atoms with Crippen LogP contribution in [0.3, 0.4) is 0 Å². The molecule has 2 aromatic heterocycles. The lowest BCUT2D eigenvalue weighted by atomic mass is 9.96. The molecule has 5 nitrogen and oxygen atoms in total. The average Bonchev–Trinajstić information content (AvgIpc) is 3.25. The predicted octanol–water partition coefficient (Wildman–Crippen LogP) is 3.23. The lowest BCUT2D eigenvalue weighted by Crippen LogP contribution is -2.42. The topological polar surface area (TPSA) is 68.3 Å². The largest absolute Gasteiger partial charge is 0.369 e. The summed E-state index contributed by atoms with van der Waals surface area (Å²) in [6.45, 7) is 1.56. The first-order valence-corrected chi connectivity index (χ1v) is 9.80. The second-order valence-corrected chi connectivity index (χ2v) is 7.79. The van der Waals surface area contributed by atoms with Crippen molar-refractivity contribution >= 4 is 33.4 Å². The van der Waals surface area contributed by atoms with Crippen LogP contribution in [0.2, 0.25) is 0 Å². The van der Waals surface area contributed by atoms with Crippen LogP contribution in [-0.4, -0.2) is 34.4 Å². The van der Waals surface area contributed by atoms with E-state index < -0.39 is 0 Å². The molecule has 3 aromatic rings. The van der Waals surface area contributed by atoms with Crippen molar-refractivity contribution < 1.29 is 14.0 Å². The molecule has 0 aliphatic carbocycles. The second-order valence-electron chi connectivity index (χ2n) is 6.89. The highest BCUT2D eigenvalue weighted by Gasteiger charge is 2.28. The van der Waals surface area contributed by atoms with Gasteiger partial charge < -0.3 is 15.2 Å². The monoisotopic (exact) mass is 385 g/mol. The number of thiophene rings is 1. The number of amides is 2. The first-order valence-electron chi connectivity index (χ1n) is 8.92. The Kier molecular flexibility index (Phi) is 4.70. The molecule has 1 saturated heterocycles. The van der Waals surface area contributed by atoms with Gasteiger partial charge in [0.25, 0.3) is 5.91 Å². The number of primary amides is 1. The van der Waals surface area contributed by atoms with Gasteiger partial charge in [0.15, 0.2) is 0 Å². The number of hydrogen-bond donors (Lipinski definition) is 1. The van der Waals surface area contributed by atoms with Crippen LogP contribution < -0.4 is 5.73 Å².